The molecule has 0 atom stereocenters. The molecule has 4 heterocycles. The number of ether oxygens (including phenoxy) is 1. The van der Waals surface area contributed by atoms with Gasteiger partial charge in [0.05, 0.1) is 54.1 Å². The topological polar surface area (TPSA) is 149 Å². The van der Waals surface area contributed by atoms with Gasteiger partial charge in [-0.25, -0.2) is 22.6 Å². The maximum atomic E-state index is 12.8. The van der Waals surface area contributed by atoms with E-state index in [0.29, 0.717) is 51.6 Å². The number of fused-ring (bicyclic) bond motifs is 2. The van der Waals surface area contributed by atoms with Gasteiger partial charge in [-0.15, -0.1) is 0 Å². The van der Waals surface area contributed by atoms with Crippen molar-refractivity contribution < 1.29 is 17.9 Å². The van der Waals surface area contributed by atoms with Crippen LogP contribution in [-0.4, -0.2) is 89.1 Å². The second-order valence-corrected chi connectivity index (χ2v) is 11.6. The molecule has 0 radical (unpaired) electrons. The van der Waals surface area contributed by atoms with Gasteiger partial charge in [0, 0.05) is 36.6 Å². The summed E-state index contributed by atoms with van der Waals surface area (Å²) in [6, 6.07) is 8.58. The maximum absolute atomic E-state index is 12.8. The van der Waals surface area contributed by atoms with E-state index in [1.165, 1.54) is 7.11 Å². The Balaban J connectivity index is 1.58. The first kappa shape index (κ1) is 28.0. The van der Waals surface area contributed by atoms with E-state index in [0.717, 1.165) is 24.8 Å². The molecule has 14 heteroatoms. The van der Waals surface area contributed by atoms with Gasteiger partial charge in [-0.1, -0.05) is 0 Å². The fourth-order valence-electron chi connectivity index (χ4n) is 4.51. The number of nitrogens with zero attached hydrogens (tertiary/aromatic N) is 7. The van der Waals surface area contributed by atoms with Crippen LogP contribution in [0.5, 0.6) is 5.75 Å². The van der Waals surface area contributed by atoms with Crippen LogP contribution in [-0.2, 0) is 21.2 Å². The lowest BCUT2D eigenvalue weighted by atomic mass is 10.1. The lowest BCUT2D eigenvalue weighted by Gasteiger charge is -2.12. The summed E-state index contributed by atoms with van der Waals surface area (Å²) in [5.41, 5.74) is 4.15. The molecule has 0 unspecified atom stereocenters. The molecule has 0 saturated heterocycles. The standard InChI is InChI=1S/C27H31N9O4S/c1-34(2)11-5-9-28-26(37)15-22-19-16-30-21(20-17-31-35-12-6-10-29-27(20)35)14-24(19)36(32-22)23-8-7-18(13-25(23)40-3)33-41(4,38)39/h6-8,10,12-14,16-17,33H,5,9,11,15H2,1-4H3,(H,28,37). The summed E-state index contributed by atoms with van der Waals surface area (Å²) in [4.78, 5) is 24.0. The minimum Gasteiger partial charge on any atom is -0.494 e. The Morgan fingerprint density at radius 2 is 1.98 bits per heavy atom. The molecule has 0 aliphatic rings. The van der Waals surface area contributed by atoms with Crippen molar-refractivity contribution in [2.45, 2.75) is 12.8 Å². The molecule has 5 rings (SSSR count). The Kier molecular flexibility index (Phi) is 7.85. The van der Waals surface area contributed by atoms with Crippen molar-refractivity contribution in [2.75, 3.05) is 45.3 Å². The highest BCUT2D eigenvalue weighted by Crippen LogP contribution is 2.33. The van der Waals surface area contributed by atoms with E-state index in [9.17, 15) is 13.2 Å². The average molecular weight is 578 g/mol. The molecule has 0 spiro atoms. The van der Waals surface area contributed by atoms with Crippen molar-refractivity contribution in [1.29, 1.82) is 0 Å². The van der Waals surface area contributed by atoms with Crippen molar-refractivity contribution >= 4 is 38.2 Å². The van der Waals surface area contributed by atoms with Crippen molar-refractivity contribution in [3.05, 3.63) is 60.8 Å². The van der Waals surface area contributed by atoms with Crippen LogP contribution in [0.4, 0.5) is 5.69 Å². The number of carbonyl (C=O) groups is 1. The highest BCUT2D eigenvalue weighted by Gasteiger charge is 2.20. The number of pyridine rings is 1. The van der Waals surface area contributed by atoms with E-state index in [1.807, 2.05) is 20.2 Å². The third-order valence-corrected chi connectivity index (χ3v) is 6.95. The first-order valence-electron chi connectivity index (χ1n) is 12.9. The Hall–Kier alpha value is -4.56. The zero-order chi connectivity index (χ0) is 29.1. The van der Waals surface area contributed by atoms with E-state index >= 15 is 0 Å². The molecule has 2 N–H and O–H groups in total. The first-order valence-corrected chi connectivity index (χ1v) is 14.8. The molecule has 41 heavy (non-hydrogen) atoms. The molecule has 1 amide bonds. The molecule has 13 nitrogen and oxygen atoms in total. The quantitative estimate of drug-likeness (QED) is 0.225. The summed E-state index contributed by atoms with van der Waals surface area (Å²) in [5, 5.41) is 12.8. The SMILES string of the molecule is COc1cc(NS(C)(=O)=O)ccc1-n1nc(CC(=O)NCCCN(C)C)c2cnc(-c3cnn4cccnc34)cc21. The molecule has 4 aromatic heterocycles. The van der Waals surface area contributed by atoms with E-state index in [4.69, 9.17) is 9.84 Å². The number of sulfonamides is 1. The van der Waals surface area contributed by atoms with Crippen LogP contribution in [0, 0.1) is 0 Å². The van der Waals surface area contributed by atoms with Gasteiger partial charge >= 0.3 is 0 Å². The van der Waals surface area contributed by atoms with E-state index in [2.05, 4.69) is 30.0 Å². The Morgan fingerprint density at radius 3 is 2.73 bits per heavy atom. The summed E-state index contributed by atoms with van der Waals surface area (Å²) >= 11 is 0. The first-order chi connectivity index (χ1) is 19.6. The fraction of sp³-hybridized carbons (Fsp3) is 0.296. The summed E-state index contributed by atoms with van der Waals surface area (Å²) < 4.78 is 35.0. The minimum absolute atomic E-state index is 0.0563. The zero-order valence-corrected chi connectivity index (χ0v) is 24.0. The molecule has 0 saturated carbocycles. The van der Waals surface area contributed by atoms with E-state index in [1.54, 1.807) is 58.3 Å². The van der Waals surface area contributed by atoms with Gasteiger partial charge in [-0.05, 0) is 51.3 Å². The predicted octanol–water partition coefficient (Wildman–Crippen LogP) is 2.12. The van der Waals surface area contributed by atoms with Gasteiger partial charge in [0.1, 0.15) is 11.4 Å². The fourth-order valence-corrected chi connectivity index (χ4v) is 5.06. The third-order valence-electron chi connectivity index (χ3n) is 6.34. The van der Waals surface area contributed by atoms with Crippen molar-refractivity contribution in [3.8, 4) is 22.7 Å². The highest BCUT2D eigenvalue weighted by atomic mass is 32.2. The smallest absolute Gasteiger partial charge is 0.229 e. The maximum Gasteiger partial charge on any atom is 0.229 e. The largest absolute Gasteiger partial charge is 0.494 e. The lowest BCUT2D eigenvalue weighted by molar-refractivity contribution is -0.120. The molecule has 0 aliphatic heterocycles. The van der Waals surface area contributed by atoms with Crippen LogP contribution in [0.3, 0.4) is 0 Å². The van der Waals surface area contributed by atoms with Crippen LogP contribution >= 0.6 is 0 Å². The molecule has 0 aliphatic carbocycles. The number of hydrogen-bond acceptors (Lipinski definition) is 9. The van der Waals surface area contributed by atoms with Gasteiger partial charge in [-0.3, -0.25) is 14.5 Å². The van der Waals surface area contributed by atoms with Crippen LogP contribution in [0.1, 0.15) is 12.1 Å². The summed E-state index contributed by atoms with van der Waals surface area (Å²) in [6.45, 7) is 1.43. The van der Waals surface area contributed by atoms with Gasteiger partial charge in [-0.2, -0.15) is 10.2 Å². The molecular formula is C27H31N9O4S. The Bertz CT molecular complexity index is 1830. The number of aromatic nitrogens is 6. The summed E-state index contributed by atoms with van der Waals surface area (Å²) in [6.07, 6.45) is 8.86. The molecule has 214 valence electrons. The number of methoxy groups -OCH3 is 1. The number of benzene rings is 1. The summed E-state index contributed by atoms with van der Waals surface area (Å²) in [7, 11) is 1.99. The van der Waals surface area contributed by atoms with Gasteiger partial charge in [0.15, 0.2) is 5.65 Å². The number of anilines is 1. The van der Waals surface area contributed by atoms with Crippen molar-refractivity contribution in [1.82, 2.24) is 39.6 Å². The lowest BCUT2D eigenvalue weighted by Crippen LogP contribution is -2.28. The zero-order valence-electron chi connectivity index (χ0n) is 23.2. The molecule has 5 aromatic rings. The number of amides is 1. The minimum atomic E-state index is -3.48. The normalized spacial score (nSPS) is 11.8. The van der Waals surface area contributed by atoms with Gasteiger partial charge in [0.2, 0.25) is 15.9 Å². The Morgan fingerprint density at radius 1 is 1.15 bits per heavy atom. The molecular weight excluding hydrogens is 546 g/mol. The molecule has 0 fully saturated rings. The van der Waals surface area contributed by atoms with Gasteiger partial charge in [0.25, 0.3) is 0 Å². The Labute approximate surface area is 237 Å². The predicted molar refractivity (Wildman–Crippen MR) is 156 cm³/mol. The van der Waals surface area contributed by atoms with E-state index < -0.39 is 10.0 Å². The van der Waals surface area contributed by atoms with Crippen molar-refractivity contribution in [3.63, 3.8) is 0 Å². The van der Waals surface area contributed by atoms with Crippen LogP contribution in [0.15, 0.2) is 55.1 Å². The second-order valence-electron chi connectivity index (χ2n) is 9.84. The molecule has 1 aromatic carbocycles. The van der Waals surface area contributed by atoms with Crippen LogP contribution in [0.25, 0.3) is 33.5 Å². The average Bonchev–Trinajstić information content (AvgIpc) is 3.51. The van der Waals surface area contributed by atoms with Gasteiger partial charge < -0.3 is 15.0 Å². The number of carbonyl (C=O) groups excluding carboxylic acids is 1. The van der Waals surface area contributed by atoms with Crippen LogP contribution in [0.2, 0.25) is 0 Å². The third kappa shape index (κ3) is 6.28. The van der Waals surface area contributed by atoms with Crippen molar-refractivity contribution in [2.24, 2.45) is 0 Å². The van der Waals surface area contributed by atoms with Crippen LogP contribution < -0.4 is 14.8 Å². The second kappa shape index (κ2) is 11.5. The highest BCUT2D eigenvalue weighted by molar-refractivity contribution is 7.92. The summed E-state index contributed by atoms with van der Waals surface area (Å²) in [5.74, 6) is 0.240. The number of rotatable bonds is 11. The molecule has 0 bridgehead atoms. The van der Waals surface area contributed by atoms with E-state index in [-0.39, 0.29) is 12.3 Å². The number of nitrogens with one attached hydrogen (secondary N) is 2. The monoisotopic (exact) mass is 577 g/mol. The number of hydrogen-bond donors (Lipinski definition) is 2.